The summed E-state index contributed by atoms with van der Waals surface area (Å²) >= 11 is 0. The van der Waals surface area contributed by atoms with E-state index in [1.54, 1.807) is 0 Å². The zero-order valence-corrected chi connectivity index (χ0v) is 9.11. The summed E-state index contributed by atoms with van der Waals surface area (Å²) in [6.45, 7) is 0. The van der Waals surface area contributed by atoms with Crippen molar-refractivity contribution in [2.24, 2.45) is 4.99 Å². The van der Waals surface area contributed by atoms with Crippen molar-refractivity contribution in [3.05, 3.63) is 23.5 Å². The van der Waals surface area contributed by atoms with Gasteiger partial charge in [-0.2, -0.15) is 4.99 Å². The number of halogens is 1. The lowest BCUT2D eigenvalue weighted by Crippen LogP contribution is -2.20. The summed E-state index contributed by atoms with van der Waals surface area (Å²) < 4.78 is 13.9. The number of aromatic hydroxyl groups is 2. The third-order valence-corrected chi connectivity index (χ3v) is 3.29. The maximum absolute atomic E-state index is 13.9. The molecule has 0 saturated heterocycles. The normalized spacial score (nSPS) is 17.7. The van der Waals surface area contributed by atoms with Crippen LogP contribution in [0.25, 0.3) is 0 Å². The van der Waals surface area contributed by atoms with Gasteiger partial charge in [0.1, 0.15) is 5.54 Å². The third-order valence-electron chi connectivity index (χ3n) is 3.29. The van der Waals surface area contributed by atoms with Gasteiger partial charge in [-0.15, -0.1) is 0 Å². The van der Waals surface area contributed by atoms with Crippen LogP contribution in [0.4, 0.5) is 4.39 Å². The standard InChI is InChI=1S/C12H12FNO3/c13-10-8(3-4-9(16)11(10)17)12(14-7-15)5-1-2-6-12/h3-4,16-17H,1-2,5-6H2. The first kappa shape index (κ1) is 11.6. The second-order valence-electron chi connectivity index (χ2n) is 4.24. The molecule has 1 aromatic carbocycles. The summed E-state index contributed by atoms with van der Waals surface area (Å²) in [6.07, 6.45) is 4.24. The first-order chi connectivity index (χ1) is 8.10. The molecule has 1 fully saturated rings. The molecular weight excluding hydrogens is 225 g/mol. The summed E-state index contributed by atoms with van der Waals surface area (Å²) in [4.78, 5) is 14.2. The molecule has 0 atom stereocenters. The molecule has 0 aromatic heterocycles. The number of benzene rings is 1. The van der Waals surface area contributed by atoms with E-state index in [0.717, 1.165) is 12.8 Å². The van der Waals surface area contributed by atoms with Crippen LogP contribution in [0.3, 0.4) is 0 Å². The van der Waals surface area contributed by atoms with Crippen LogP contribution in [0, 0.1) is 5.82 Å². The molecule has 1 aromatic rings. The molecular formula is C12H12FNO3. The van der Waals surface area contributed by atoms with E-state index in [2.05, 4.69) is 4.99 Å². The van der Waals surface area contributed by atoms with Gasteiger partial charge in [-0.1, -0.05) is 12.8 Å². The van der Waals surface area contributed by atoms with E-state index < -0.39 is 22.9 Å². The molecule has 0 unspecified atom stereocenters. The molecule has 0 spiro atoms. The van der Waals surface area contributed by atoms with E-state index in [0.29, 0.717) is 12.8 Å². The molecule has 90 valence electrons. The topological polar surface area (TPSA) is 69.9 Å². The molecule has 1 aliphatic rings. The van der Waals surface area contributed by atoms with Gasteiger partial charge in [0.05, 0.1) is 0 Å². The maximum Gasteiger partial charge on any atom is 0.235 e. The number of phenols is 2. The van der Waals surface area contributed by atoms with Crippen LogP contribution in [0.1, 0.15) is 31.2 Å². The number of carbonyl (C=O) groups excluding carboxylic acids is 1. The molecule has 1 saturated carbocycles. The van der Waals surface area contributed by atoms with Gasteiger partial charge in [-0.3, -0.25) is 0 Å². The molecule has 1 aliphatic carbocycles. The number of isocyanates is 1. The summed E-state index contributed by atoms with van der Waals surface area (Å²) in [7, 11) is 0. The van der Waals surface area contributed by atoms with Crippen LogP contribution < -0.4 is 0 Å². The van der Waals surface area contributed by atoms with Gasteiger partial charge >= 0.3 is 0 Å². The Balaban J connectivity index is 2.58. The van der Waals surface area contributed by atoms with Gasteiger partial charge < -0.3 is 10.2 Å². The number of rotatable bonds is 2. The molecule has 0 heterocycles. The molecule has 0 amide bonds. The summed E-state index contributed by atoms with van der Waals surface area (Å²) in [6, 6.07) is 2.56. The van der Waals surface area contributed by atoms with Crippen molar-refractivity contribution in [1.82, 2.24) is 0 Å². The lowest BCUT2D eigenvalue weighted by atomic mass is 9.88. The Kier molecular flexibility index (Phi) is 2.86. The fourth-order valence-electron chi connectivity index (χ4n) is 2.40. The third kappa shape index (κ3) is 1.78. The lowest BCUT2D eigenvalue weighted by molar-refractivity contribution is 0.362. The van der Waals surface area contributed by atoms with Crippen LogP contribution in [-0.4, -0.2) is 16.3 Å². The lowest BCUT2D eigenvalue weighted by Gasteiger charge is -2.23. The predicted octanol–water partition coefficient (Wildman–Crippen LogP) is 2.34. The number of nitrogens with zero attached hydrogens (tertiary/aromatic N) is 1. The highest BCUT2D eigenvalue weighted by Gasteiger charge is 2.38. The average molecular weight is 237 g/mol. The minimum Gasteiger partial charge on any atom is -0.504 e. The van der Waals surface area contributed by atoms with E-state index in [1.807, 2.05) is 0 Å². The highest BCUT2D eigenvalue weighted by Crippen LogP contribution is 2.45. The van der Waals surface area contributed by atoms with Crippen molar-refractivity contribution < 1.29 is 19.4 Å². The Bertz CT molecular complexity index is 489. The smallest absolute Gasteiger partial charge is 0.235 e. The Labute approximate surface area is 97.4 Å². The molecule has 2 rings (SSSR count). The second kappa shape index (κ2) is 4.18. The van der Waals surface area contributed by atoms with Gasteiger partial charge in [0.15, 0.2) is 17.3 Å². The molecule has 0 aliphatic heterocycles. The van der Waals surface area contributed by atoms with Gasteiger partial charge in [0.2, 0.25) is 6.08 Å². The Hall–Kier alpha value is -1.87. The van der Waals surface area contributed by atoms with Crippen molar-refractivity contribution in [2.75, 3.05) is 0 Å². The van der Waals surface area contributed by atoms with Crippen LogP contribution in [0.15, 0.2) is 17.1 Å². The van der Waals surface area contributed by atoms with Crippen LogP contribution in [0.2, 0.25) is 0 Å². The fraction of sp³-hybridized carbons (Fsp3) is 0.417. The quantitative estimate of drug-likeness (QED) is 0.471. The van der Waals surface area contributed by atoms with Crippen molar-refractivity contribution >= 4 is 6.08 Å². The monoisotopic (exact) mass is 237 g/mol. The largest absolute Gasteiger partial charge is 0.504 e. The molecule has 0 bridgehead atoms. The number of hydrogen-bond donors (Lipinski definition) is 2. The van der Waals surface area contributed by atoms with Crippen molar-refractivity contribution in [2.45, 2.75) is 31.2 Å². The predicted molar refractivity (Wildman–Crippen MR) is 58.0 cm³/mol. The van der Waals surface area contributed by atoms with Crippen LogP contribution in [0.5, 0.6) is 11.5 Å². The molecule has 17 heavy (non-hydrogen) atoms. The number of aliphatic imine (C=N–C) groups is 1. The first-order valence-electron chi connectivity index (χ1n) is 5.41. The van der Waals surface area contributed by atoms with Crippen molar-refractivity contribution in [1.29, 1.82) is 0 Å². The van der Waals surface area contributed by atoms with Crippen LogP contribution in [-0.2, 0) is 10.3 Å². The maximum atomic E-state index is 13.9. The van der Waals surface area contributed by atoms with Gasteiger partial charge in [0, 0.05) is 5.56 Å². The minimum absolute atomic E-state index is 0.147. The average Bonchev–Trinajstić information content (AvgIpc) is 2.76. The van der Waals surface area contributed by atoms with Gasteiger partial charge in [-0.25, -0.2) is 9.18 Å². The van der Waals surface area contributed by atoms with E-state index >= 15 is 0 Å². The Morgan fingerprint density at radius 1 is 1.29 bits per heavy atom. The van der Waals surface area contributed by atoms with Crippen molar-refractivity contribution in [3.63, 3.8) is 0 Å². The molecule has 2 N–H and O–H groups in total. The molecule has 5 heteroatoms. The van der Waals surface area contributed by atoms with Gasteiger partial charge in [-0.05, 0) is 25.0 Å². The fourth-order valence-corrected chi connectivity index (χ4v) is 2.40. The SMILES string of the molecule is O=C=NC1(c2ccc(O)c(O)c2F)CCCC1. The van der Waals surface area contributed by atoms with E-state index in [-0.39, 0.29) is 5.56 Å². The first-order valence-corrected chi connectivity index (χ1v) is 5.41. The molecule has 4 nitrogen and oxygen atoms in total. The van der Waals surface area contributed by atoms with E-state index in [9.17, 15) is 19.4 Å². The summed E-state index contributed by atoms with van der Waals surface area (Å²) in [5, 5.41) is 18.5. The minimum atomic E-state index is -0.934. The second-order valence-corrected chi connectivity index (χ2v) is 4.24. The Morgan fingerprint density at radius 3 is 2.53 bits per heavy atom. The van der Waals surface area contributed by atoms with Crippen molar-refractivity contribution in [3.8, 4) is 11.5 Å². The number of phenolic OH excluding ortho intramolecular Hbond substituents is 2. The van der Waals surface area contributed by atoms with E-state index in [1.165, 1.54) is 18.2 Å². The summed E-state index contributed by atoms with van der Waals surface area (Å²) in [5.41, 5.74) is -0.787. The highest BCUT2D eigenvalue weighted by molar-refractivity contribution is 5.47. The highest BCUT2D eigenvalue weighted by atomic mass is 19.1. The zero-order chi connectivity index (χ0) is 12.5. The molecule has 0 radical (unpaired) electrons. The van der Waals surface area contributed by atoms with Crippen LogP contribution >= 0.6 is 0 Å². The Morgan fingerprint density at radius 2 is 1.94 bits per heavy atom. The number of hydrogen-bond acceptors (Lipinski definition) is 4. The van der Waals surface area contributed by atoms with Gasteiger partial charge in [0.25, 0.3) is 0 Å². The summed E-state index contributed by atoms with van der Waals surface area (Å²) in [5.74, 6) is -2.23. The van der Waals surface area contributed by atoms with E-state index in [4.69, 9.17) is 0 Å². The zero-order valence-electron chi connectivity index (χ0n) is 9.11.